The van der Waals surface area contributed by atoms with Crippen LogP contribution in [0.5, 0.6) is 0 Å². The highest BCUT2D eigenvalue weighted by molar-refractivity contribution is 6.30. The van der Waals surface area contributed by atoms with Crippen molar-refractivity contribution in [2.24, 2.45) is 0 Å². The molecule has 1 aromatic carbocycles. The Morgan fingerprint density at radius 3 is 2.74 bits per heavy atom. The number of fused-ring (bicyclic) bond motifs is 1. The highest BCUT2D eigenvalue weighted by Gasteiger charge is 2.08. The first-order valence-electron chi connectivity index (χ1n) is 5.98. The van der Waals surface area contributed by atoms with Gasteiger partial charge in [-0.2, -0.15) is 0 Å². The molecule has 0 fully saturated rings. The van der Waals surface area contributed by atoms with Gasteiger partial charge in [0.2, 0.25) is 0 Å². The third-order valence-electron chi connectivity index (χ3n) is 2.92. The summed E-state index contributed by atoms with van der Waals surface area (Å²) in [7, 11) is 1.84. The Morgan fingerprint density at radius 1 is 1.16 bits per heavy atom. The molecule has 5 heteroatoms. The smallest absolute Gasteiger partial charge is 0.180 e. The topological polar surface area (TPSA) is 53.6 Å². The maximum Gasteiger partial charge on any atom is 0.180 e. The van der Waals surface area contributed by atoms with Crippen LogP contribution in [0, 0.1) is 6.92 Å². The summed E-state index contributed by atoms with van der Waals surface area (Å²) in [6.07, 6.45) is 0. The van der Waals surface area contributed by atoms with Crippen molar-refractivity contribution < 1.29 is 0 Å². The molecule has 0 unspecified atom stereocenters. The predicted molar refractivity (Wildman–Crippen MR) is 78.6 cm³/mol. The summed E-state index contributed by atoms with van der Waals surface area (Å²) >= 11 is 6.08. The van der Waals surface area contributed by atoms with Crippen molar-refractivity contribution in [3.8, 4) is 11.4 Å². The van der Waals surface area contributed by atoms with Gasteiger partial charge in [-0.1, -0.05) is 11.6 Å². The van der Waals surface area contributed by atoms with Crippen LogP contribution in [-0.4, -0.2) is 22.0 Å². The molecule has 0 bridgehead atoms. The van der Waals surface area contributed by atoms with Crippen LogP contribution in [0.15, 0.2) is 30.3 Å². The van der Waals surface area contributed by atoms with Crippen LogP contribution in [-0.2, 0) is 0 Å². The molecule has 0 aliphatic carbocycles. The number of halogens is 1. The van der Waals surface area contributed by atoms with E-state index in [4.69, 9.17) is 11.6 Å². The minimum atomic E-state index is 0.694. The van der Waals surface area contributed by atoms with Gasteiger partial charge in [0.1, 0.15) is 11.6 Å². The Kier molecular flexibility index (Phi) is 2.87. The third-order valence-corrected chi connectivity index (χ3v) is 3.14. The van der Waals surface area contributed by atoms with Crippen molar-refractivity contribution >= 4 is 28.6 Å². The van der Waals surface area contributed by atoms with Crippen LogP contribution >= 0.6 is 11.6 Å². The molecule has 0 aliphatic heterocycles. The zero-order chi connectivity index (χ0) is 13.4. The van der Waals surface area contributed by atoms with E-state index in [2.05, 4.69) is 20.3 Å². The maximum atomic E-state index is 6.08. The van der Waals surface area contributed by atoms with E-state index in [1.807, 2.05) is 44.3 Å². The number of hydrogen-bond donors (Lipinski definition) is 2. The molecule has 2 aromatic heterocycles. The van der Waals surface area contributed by atoms with Gasteiger partial charge in [-0.15, -0.1) is 0 Å². The molecule has 4 nitrogen and oxygen atoms in total. The number of aromatic amines is 1. The Labute approximate surface area is 115 Å². The van der Waals surface area contributed by atoms with Crippen LogP contribution in [0.3, 0.4) is 0 Å². The van der Waals surface area contributed by atoms with Crippen LogP contribution in [0.25, 0.3) is 22.6 Å². The van der Waals surface area contributed by atoms with Crippen LogP contribution in [0.2, 0.25) is 5.02 Å². The number of nitrogens with one attached hydrogen (secondary N) is 2. The summed E-state index contributed by atoms with van der Waals surface area (Å²) in [4.78, 5) is 12.2. The van der Waals surface area contributed by atoms with Gasteiger partial charge in [0, 0.05) is 17.6 Å². The van der Waals surface area contributed by atoms with E-state index in [0.29, 0.717) is 10.7 Å². The van der Waals surface area contributed by atoms with Gasteiger partial charge in [-0.05, 0) is 42.8 Å². The summed E-state index contributed by atoms with van der Waals surface area (Å²) < 4.78 is 0. The normalized spacial score (nSPS) is 10.9. The van der Waals surface area contributed by atoms with Crippen molar-refractivity contribution in [1.82, 2.24) is 15.0 Å². The lowest BCUT2D eigenvalue weighted by atomic mass is 10.1. The average molecular weight is 273 g/mol. The fourth-order valence-electron chi connectivity index (χ4n) is 2.04. The second-order valence-corrected chi connectivity index (χ2v) is 4.86. The van der Waals surface area contributed by atoms with E-state index in [1.165, 1.54) is 0 Å². The summed E-state index contributed by atoms with van der Waals surface area (Å²) in [5.41, 5.74) is 3.67. The van der Waals surface area contributed by atoms with Crippen molar-refractivity contribution in [2.45, 2.75) is 6.92 Å². The lowest BCUT2D eigenvalue weighted by Crippen LogP contribution is -1.91. The van der Waals surface area contributed by atoms with Gasteiger partial charge < -0.3 is 10.3 Å². The van der Waals surface area contributed by atoms with Gasteiger partial charge in [-0.3, -0.25) is 0 Å². The molecule has 2 heterocycles. The van der Waals surface area contributed by atoms with Gasteiger partial charge in [-0.25, -0.2) is 9.97 Å². The summed E-state index contributed by atoms with van der Waals surface area (Å²) in [5.74, 6) is 1.58. The van der Waals surface area contributed by atoms with E-state index in [1.54, 1.807) is 0 Å². The lowest BCUT2D eigenvalue weighted by Gasteiger charge is -2.00. The monoisotopic (exact) mass is 272 g/mol. The number of H-pyrrole nitrogens is 1. The van der Waals surface area contributed by atoms with Crippen molar-refractivity contribution in [2.75, 3.05) is 12.4 Å². The van der Waals surface area contributed by atoms with Crippen molar-refractivity contribution in [3.05, 3.63) is 40.9 Å². The zero-order valence-corrected chi connectivity index (χ0v) is 11.4. The lowest BCUT2D eigenvalue weighted by molar-refractivity contribution is 1.28. The predicted octanol–water partition coefficient (Wildman–Crippen LogP) is 3.63. The largest absolute Gasteiger partial charge is 0.373 e. The SMILES string of the molecule is CNc1ccc2[nH]c(-c3cc(C)cc(Cl)c3)nc2n1. The van der Waals surface area contributed by atoms with E-state index in [9.17, 15) is 0 Å². The molecule has 0 saturated carbocycles. The number of rotatable bonds is 2. The van der Waals surface area contributed by atoms with Crippen molar-refractivity contribution in [3.63, 3.8) is 0 Å². The van der Waals surface area contributed by atoms with Crippen LogP contribution < -0.4 is 5.32 Å². The molecule has 0 radical (unpaired) electrons. The fourth-order valence-corrected chi connectivity index (χ4v) is 2.33. The standard InChI is InChI=1S/C14H13ClN4/c1-8-5-9(7-10(15)6-8)13-17-11-3-4-12(16-2)18-14(11)19-13/h3-7H,1-2H3,(H2,16,17,18,19). The number of hydrogen-bond acceptors (Lipinski definition) is 3. The molecule has 0 atom stereocenters. The Bertz CT molecular complexity index is 728. The van der Waals surface area contributed by atoms with Gasteiger partial charge in [0.05, 0.1) is 5.52 Å². The number of imidazole rings is 1. The molecule has 19 heavy (non-hydrogen) atoms. The number of pyridine rings is 1. The first kappa shape index (κ1) is 12.0. The number of anilines is 1. The Balaban J connectivity index is 2.14. The highest BCUT2D eigenvalue weighted by atomic mass is 35.5. The molecule has 0 amide bonds. The number of aryl methyl sites for hydroxylation is 1. The highest BCUT2D eigenvalue weighted by Crippen LogP contribution is 2.24. The quantitative estimate of drug-likeness (QED) is 0.749. The molecular formula is C14H13ClN4. The summed E-state index contributed by atoms with van der Waals surface area (Å²) in [5, 5.41) is 3.71. The van der Waals surface area contributed by atoms with E-state index < -0.39 is 0 Å². The zero-order valence-electron chi connectivity index (χ0n) is 10.7. The molecule has 0 spiro atoms. The van der Waals surface area contributed by atoms with Crippen LogP contribution in [0.4, 0.5) is 5.82 Å². The second kappa shape index (κ2) is 4.55. The maximum absolute atomic E-state index is 6.08. The molecule has 3 aromatic rings. The van der Waals surface area contributed by atoms with Gasteiger partial charge >= 0.3 is 0 Å². The van der Waals surface area contributed by atoms with E-state index in [-0.39, 0.29) is 0 Å². The molecule has 96 valence electrons. The van der Waals surface area contributed by atoms with Gasteiger partial charge in [0.25, 0.3) is 0 Å². The first-order chi connectivity index (χ1) is 9.15. The van der Waals surface area contributed by atoms with E-state index in [0.717, 1.165) is 28.3 Å². The van der Waals surface area contributed by atoms with E-state index >= 15 is 0 Å². The first-order valence-corrected chi connectivity index (χ1v) is 6.35. The Morgan fingerprint density at radius 2 is 2.00 bits per heavy atom. The number of aromatic nitrogens is 3. The molecular weight excluding hydrogens is 260 g/mol. The minimum Gasteiger partial charge on any atom is -0.373 e. The Hall–Kier alpha value is -2.07. The molecule has 0 saturated heterocycles. The fraction of sp³-hybridized carbons (Fsp3) is 0.143. The van der Waals surface area contributed by atoms with Crippen LogP contribution in [0.1, 0.15) is 5.56 Å². The average Bonchev–Trinajstić information content (AvgIpc) is 2.80. The summed E-state index contributed by atoms with van der Waals surface area (Å²) in [6.45, 7) is 2.01. The van der Waals surface area contributed by atoms with Gasteiger partial charge in [0.15, 0.2) is 5.65 Å². The minimum absolute atomic E-state index is 0.694. The molecule has 3 rings (SSSR count). The number of nitrogens with zero attached hydrogens (tertiary/aromatic N) is 2. The summed E-state index contributed by atoms with van der Waals surface area (Å²) in [6, 6.07) is 9.73. The molecule has 0 aliphatic rings. The second-order valence-electron chi connectivity index (χ2n) is 4.42. The molecule has 2 N–H and O–H groups in total. The third kappa shape index (κ3) is 2.27. The number of benzene rings is 1. The van der Waals surface area contributed by atoms with Crippen molar-refractivity contribution in [1.29, 1.82) is 0 Å².